The Morgan fingerprint density at radius 1 is 1.40 bits per heavy atom. The van der Waals surface area contributed by atoms with Crippen LogP contribution in [0.2, 0.25) is 0 Å². The van der Waals surface area contributed by atoms with E-state index in [0.717, 1.165) is 5.56 Å². The summed E-state index contributed by atoms with van der Waals surface area (Å²) < 4.78 is 42.6. The van der Waals surface area contributed by atoms with E-state index in [9.17, 15) is 13.2 Å². The quantitative estimate of drug-likeness (QED) is 0.644. The first-order valence-corrected chi connectivity index (χ1v) is 6.23. The Morgan fingerprint density at radius 3 is 2.65 bits per heavy atom. The molecule has 4 heteroatoms. The summed E-state index contributed by atoms with van der Waals surface area (Å²) in [5, 5.41) is 0. The highest BCUT2D eigenvalue weighted by Gasteiger charge is 2.10. The summed E-state index contributed by atoms with van der Waals surface area (Å²) in [5.41, 5.74) is 1.88. The average molecular weight is 282 g/mol. The van der Waals surface area contributed by atoms with Crippen molar-refractivity contribution >= 4 is 5.57 Å². The van der Waals surface area contributed by atoms with Crippen LogP contribution in [0, 0.1) is 0 Å². The molecule has 1 rings (SSSR count). The zero-order valence-corrected chi connectivity index (χ0v) is 11.5. The number of allylic oxidation sites excluding steroid dienone is 5. The van der Waals surface area contributed by atoms with Gasteiger partial charge < -0.3 is 4.74 Å². The van der Waals surface area contributed by atoms with Crippen LogP contribution in [-0.4, -0.2) is 6.61 Å². The molecule has 0 amide bonds. The molecule has 0 spiro atoms. The fraction of sp³-hybridized carbons (Fsp3) is 0.250. The molecular formula is C16H17F3O. The van der Waals surface area contributed by atoms with Gasteiger partial charge in [0.15, 0.2) is 0 Å². The van der Waals surface area contributed by atoms with Crippen molar-refractivity contribution in [3.63, 3.8) is 0 Å². The van der Waals surface area contributed by atoms with Gasteiger partial charge in [-0.25, -0.2) is 4.39 Å². The van der Waals surface area contributed by atoms with E-state index in [1.807, 2.05) is 6.92 Å². The molecule has 0 unspecified atom stereocenters. The molecule has 0 aliphatic carbocycles. The van der Waals surface area contributed by atoms with Gasteiger partial charge in [-0.15, -0.1) is 0 Å². The van der Waals surface area contributed by atoms with Crippen molar-refractivity contribution in [3.8, 4) is 5.75 Å². The van der Waals surface area contributed by atoms with Crippen LogP contribution in [0.3, 0.4) is 0 Å². The third-order valence-corrected chi connectivity index (χ3v) is 2.82. The SMILES string of the molecule is C=C/C=C\C(F)=C(/C)c1ccc(OC(F)F)cc1CC. The van der Waals surface area contributed by atoms with E-state index in [1.165, 1.54) is 30.4 Å². The standard InChI is InChI=1S/C16H17F3O/c1-4-6-7-15(17)11(3)14-9-8-13(20-16(18)19)10-12(14)5-2/h4,6-10,16H,1,5H2,2-3H3/b7-6-,15-11-. The number of aryl methyl sites for hydroxylation is 1. The second-order valence-corrected chi connectivity index (χ2v) is 4.12. The van der Waals surface area contributed by atoms with E-state index in [0.29, 0.717) is 17.6 Å². The lowest BCUT2D eigenvalue weighted by Gasteiger charge is -2.12. The summed E-state index contributed by atoms with van der Waals surface area (Å²) >= 11 is 0. The molecule has 20 heavy (non-hydrogen) atoms. The van der Waals surface area contributed by atoms with Crippen LogP contribution in [0.25, 0.3) is 5.57 Å². The molecule has 0 fully saturated rings. The zero-order valence-electron chi connectivity index (χ0n) is 11.5. The minimum absolute atomic E-state index is 0.0791. The predicted molar refractivity (Wildman–Crippen MR) is 75.5 cm³/mol. The molecule has 0 saturated heterocycles. The first-order valence-electron chi connectivity index (χ1n) is 6.23. The first-order chi connectivity index (χ1) is 9.49. The van der Waals surface area contributed by atoms with Crippen LogP contribution >= 0.6 is 0 Å². The summed E-state index contributed by atoms with van der Waals surface area (Å²) in [6.45, 7) is 4.12. The van der Waals surface area contributed by atoms with Gasteiger partial charge in [0.05, 0.1) is 0 Å². The third kappa shape index (κ3) is 4.30. The van der Waals surface area contributed by atoms with E-state index in [1.54, 1.807) is 13.0 Å². The fourth-order valence-corrected chi connectivity index (χ4v) is 1.81. The second-order valence-electron chi connectivity index (χ2n) is 4.12. The minimum Gasteiger partial charge on any atom is -0.435 e. The van der Waals surface area contributed by atoms with Crippen molar-refractivity contribution in [3.05, 3.63) is 60.0 Å². The monoisotopic (exact) mass is 282 g/mol. The van der Waals surface area contributed by atoms with Gasteiger partial charge in [-0.3, -0.25) is 0 Å². The Hall–Kier alpha value is -1.97. The van der Waals surface area contributed by atoms with Crippen molar-refractivity contribution in [2.75, 3.05) is 0 Å². The molecule has 0 saturated carbocycles. The number of halogens is 3. The topological polar surface area (TPSA) is 9.23 Å². The summed E-state index contributed by atoms with van der Waals surface area (Å²) in [4.78, 5) is 0. The molecule has 0 atom stereocenters. The van der Waals surface area contributed by atoms with E-state index >= 15 is 0 Å². The molecule has 1 aromatic rings. The molecule has 0 aliphatic rings. The first kappa shape index (κ1) is 16.1. The summed E-state index contributed by atoms with van der Waals surface area (Å²) in [5.74, 6) is -0.308. The molecule has 0 heterocycles. The van der Waals surface area contributed by atoms with Crippen LogP contribution in [0.4, 0.5) is 13.2 Å². The molecule has 0 aliphatic heterocycles. The number of hydrogen-bond donors (Lipinski definition) is 0. The largest absolute Gasteiger partial charge is 0.435 e. The van der Waals surface area contributed by atoms with Crippen LogP contribution < -0.4 is 4.74 Å². The Bertz CT molecular complexity index is 531. The third-order valence-electron chi connectivity index (χ3n) is 2.82. The lowest BCUT2D eigenvalue weighted by atomic mass is 9.98. The van der Waals surface area contributed by atoms with Crippen molar-refractivity contribution in [1.29, 1.82) is 0 Å². The predicted octanol–water partition coefficient (Wildman–Crippen LogP) is 5.29. The lowest BCUT2D eigenvalue weighted by molar-refractivity contribution is -0.0498. The average Bonchev–Trinajstić information content (AvgIpc) is 2.43. The summed E-state index contributed by atoms with van der Waals surface area (Å²) in [6, 6.07) is 4.51. The summed E-state index contributed by atoms with van der Waals surface area (Å²) in [7, 11) is 0. The maximum Gasteiger partial charge on any atom is 0.387 e. The van der Waals surface area contributed by atoms with Gasteiger partial charge in [0.2, 0.25) is 0 Å². The van der Waals surface area contributed by atoms with Crippen LogP contribution in [0.15, 0.2) is 48.8 Å². The minimum atomic E-state index is -2.87. The van der Waals surface area contributed by atoms with Crippen LogP contribution in [0.5, 0.6) is 5.75 Å². The number of rotatable bonds is 6. The smallest absolute Gasteiger partial charge is 0.387 e. The van der Waals surface area contributed by atoms with E-state index < -0.39 is 6.61 Å². The van der Waals surface area contributed by atoms with Crippen molar-refractivity contribution in [2.24, 2.45) is 0 Å². The van der Waals surface area contributed by atoms with Crippen molar-refractivity contribution < 1.29 is 17.9 Å². The Morgan fingerprint density at radius 2 is 2.10 bits per heavy atom. The van der Waals surface area contributed by atoms with Gasteiger partial charge >= 0.3 is 6.61 Å². The van der Waals surface area contributed by atoms with Crippen LogP contribution in [-0.2, 0) is 6.42 Å². The number of hydrogen-bond acceptors (Lipinski definition) is 1. The molecular weight excluding hydrogens is 265 g/mol. The Balaban J connectivity index is 3.18. The molecule has 108 valence electrons. The normalized spacial score (nSPS) is 12.7. The van der Waals surface area contributed by atoms with Crippen molar-refractivity contribution in [2.45, 2.75) is 26.9 Å². The molecule has 1 aromatic carbocycles. The number of benzene rings is 1. The highest BCUT2D eigenvalue weighted by Crippen LogP contribution is 2.28. The summed E-state index contributed by atoms with van der Waals surface area (Å²) in [6.07, 6.45) is 4.88. The van der Waals surface area contributed by atoms with E-state index in [4.69, 9.17) is 0 Å². The second kappa shape index (κ2) is 7.58. The van der Waals surface area contributed by atoms with Gasteiger partial charge in [-0.1, -0.05) is 31.7 Å². The van der Waals surface area contributed by atoms with Gasteiger partial charge in [0.25, 0.3) is 0 Å². The molecule has 0 radical (unpaired) electrons. The molecule has 1 nitrogen and oxygen atoms in total. The molecule has 0 aromatic heterocycles. The van der Waals surface area contributed by atoms with Gasteiger partial charge in [-0.05, 0) is 48.3 Å². The Labute approximate surface area is 117 Å². The molecule has 0 N–H and O–H groups in total. The van der Waals surface area contributed by atoms with Gasteiger partial charge in [0, 0.05) is 0 Å². The molecule has 0 bridgehead atoms. The maximum absolute atomic E-state index is 13.9. The fourth-order valence-electron chi connectivity index (χ4n) is 1.81. The zero-order chi connectivity index (χ0) is 15.1. The Kier molecular flexibility index (Phi) is 6.10. The van der Waals surface area contributed by atoms with E-state index in [2.05, 4.69) is 11.3 Å². The number of ether oxygens (including phenoxy) is 1. The highest BCUT2D eigenvalue weighted by atomic mass is 19.3. The maximum atomic E-state index is 13.9. The van der Waals surface area contributed by atoms with Crippen molar-refractivity contribution in [1.82, 2.24) is 0 Å². The lowest BCUT2D eigenvalue weighted by Crippen LogP contribution is -2.03. The highest BCUT2D eigenvalue weighted by molar-refractivity contribution is 5.70. The van der Waals surface area contributed by atoms with E-state index in [-0.39, 0.29) is 11.6 Å². The van der Waals surface area contributed by atoms with Gasteiger partial charge in [-0.2, -0.15) is 8.78 Å². The number of alkyl halides is 2. The van der Waals surface area contributed by atoms with Gasteiger partial charge in [0.1, 0.15) is 11.6 Å². The van der Waals surface area contributed by atoms with Crippen LogP contribution in [0.1, 0.15) is 25.0 Å².